The van der Waals surface area contributed by atoms with E-state index in [9.17, 15) is 9.59 Å². The van der Waals surface area contributed by atoms with E-state index in [-0.39, 0.29) is 24.5 Å². The number of benzene rings is 3. The van der Waals surface area contributed by atoms with Crippen molar-refractivity contribution in [3.8, 4) is 5.75 Å². The van der Waals surface area contributed by atoms with E-state index in [0.717, 1.165) is 26.7 Å². The predicted octanol–water partition coefficient (Wildman–Crippen LogP) is 5.38. The summed E-state index contributed by atoms with van der Waals surface area (Å²) in [5.41, 5.74) is 3.77. The molecule has 5 rings (SSSR count). The number of nitrogens with zero attached hydrogens (tertiary/aromatic N) is 2. The van der Waals surface area contributed by atoms with Gasteiger partial charge in [-0.1, -0.05) is 48.2 Å². The number of thioether (sulfide) groups is 1. The van der Waals surface area contributed by atoms with Crippen LogP contribution in [0, 0.1) is 0 Å². The number of nitrogens with one attached hydrogen (secondary N) is 1. The Kier molecular flexibility index (Phi) is 6.51. The molecule has 0 radical (unpaired) electrons. The smallest absolute Gasteiger partial charge is 0.262 e. The van der Waals surface area contributed by atoms with Gasteiger partial charge in [-0.3, -0.25) is 9.59 Å². The summed E-state index contributed by atoms with van der Waals surface area (Å²) in [5, 5.41) is 2.86. The number of hydrogen-bond acceptors (Lipinski definition) is 6. The Bertz CT molecular complexity index is 1340. The van der Waals surface area contributed by atoms with Crippen molar-refractivity contribution < 1.29 is 14.3 Å². The third-order valence-corrected chi connectivity index (χ3v) is 7.71. The van der Waals surface area contributed by atoms with E-state index < -0.39 is 0 Å². The van der Waals surface area contributed by atoms with Crippen LogP contribution >= 0.6 is 23.1 Å². The molecule has 1 aromatic heterocycles. The summed E-state index contributed by atoms with van der Waals surface area (Å²) in [6, 6.07) is 23.1. The summed E-state index contributed by atoms with van der Waals surface area (Å²) in [6.45, 7) is 2.02. The Morgan fingerprint density at radius 1 is 1.12 bits per heavy atom. The summed E-state index contributed by atoms with van der Waals surface area (Å²) < 4.78 is 7.28. The number of aromatic nitrogens is 1. The molecule has 1 atom stereocenters. The van der Waals surface area contributed by atoms with E-state index in [2.05, 4.69) is 23.3 Å². The van der Waals surface area contributed by atoms with Crippen molar-refractivity contribution in [1.29, 1.82) is 0 Å². The Labute approximate surface area is 206 Å². The number of thiazole rings is 1. The van der Waals surface area contributed by atoms with Crippen molar-refractivity contribution in [2.24, 2.45) is 0 Å². The highest BCUT2D eigenvalue weighted by Gasteiger charge is 2.30. The summed E-state index contributed by atoms with van der Waals surface area (Å²) in [7, 11) is 0. The van der Waals surface area contributed by atoms with Gasteiger partial charge in [0.2, 0.25) is 5.91 Å². The van der Waals surface area contributed by atoms with Gasteiger partial charge in [-0.2, -0.15) is 0 Å². The van der Waals surface area contributed by atoms with Crippen molar-refractivity contribution in [3.63, 3.8) is 0 Å². The van der Waals surface area contributed by atoms with Gasteiger partial charge in [0.15, 0.2) is 10.9 Å². The summed E-state index contributed by atoms with van der Waals surface area (Å²) >= 11 is 2.97. The van der Waals surface area contributed by atoms with Gasteiger partial charge < -0.3 is 15.0 Å². The monoisotopic (exact) mass is 489 g/mol. The normalized spacial score (nSPS) is 14.7. The van der Waals surface area contributed by atoms with Crippen LogP contribution in [0.1, 0.15) is 12.5 Å². The first kappa shape index (κ1) is 22.4. The molecule has 0 saturated heterocycles. The van der Waals surface area contributed by atoms with Gasteiger partial charge in [0.05, 0.1) is 16.0 Å². The highest BCUT2D eigenvalue weighted by molar-refractivity contribution is 8.01. The maximum atomic E-state index is 13.0. The quantitative estimate of drug-likeness (QED) is 0.353. The largest absolute Gasteiger partial charge is 0.484 e. The molecule has 2 amide bonds. The molecule has 4 aromatic rings. The molecule has 3 aromatic carbocycles. The molecule has 1 aliphatic rings. The second kappa shape index (κ2) is 9.87. The molecular formula is C26H23N3O3S2. The van der Waals surface area contributed by atoms with Crippen LogP contribution in [0.15, 0.2) is 77.1 Å². The lowest BCUT2D eigenvalue weighted by molar-refractivity contribution is -0.118. The first-order chi connectivity index (χ1) is 16.6. The lowest BCUT2D eigenvalue weighted by atomic mass is 10.1. The molecule has 1 aliphatic heterocycles. The summed E-state index contributed by atoms with van der Waals surface area (Å²) in [6.07, 6.45) is 0.888. The van der Waals surface area contributed by atoms with Crippen LogP contribution < -0.4 is 15.0 Å². The van der Waals surface area contributed by atoms with Crippen LogP contribution in [0.4, 0.5) is 11.4 Å². The fourth-order valence-electron chi connectivity index (χ4n) is 4.04. The number of rotatable bonds is 7. The number of carbonyl (C=O) groups is 2. The van der Waals surface area contributed by atoms with E-state index in [1.54, 1.807) is 0 Å². The third-order valence-electron chi connectivity index (χ3n) is 5.56. The van der Waals surface area contributed by atoms with Crippen molar-refractivity contribution in [3.05, 3.63) is 78.4 Å². The maximum Gasteiger partial charge on any atom is 0.262 e. The van der Waals surface area contributed by atoms with Gasteiger partial charge in [0, 0.05) is 17.4 Å². The Morgan fingerprint density at radius 3 is 2.76 bits per heavy atom. The lowest BCUT2D eigenvalue weighted by Crippen LogP contribution is -2.36. The molecule has 8 heteroatoms. The first-order valence-electron chi connectivity index (χ1n) is 11.0. The van der Waals surface area contributed by atoms with Gasteiger partial charge in [0.1, 0.15) is 5.75 Å². The van der Waals surface area contributed by atoms with Gasteiger partial charge in [-0.25, -0.2) is 4.98 Å². The number of hydrogen-bond donors (Lipinski definition) is 1. The molecule has 0 bridgehead atoms. The number of para-hydroxylation sites is 2. The minimum absolute atomic E-state index is 0.0635. The standard InChI is InChI=1S/C26H23N3O3S2/c1-17-13-18-7-5-6-10-22(18)29(17)25(31)16-33-26-28-21-12-11-19(14-23(21)34-26)27-24(30)15-32-20-8-3-2-4-9-20/h2-12,14,17H,13,15-16H2,1H3,(H,27,30)/t17-/m0/s1. The second-order valence-electron chi connectivity index (χ2n) is 8.05. The van der Waals surface area contributed by atoms with E-state index in [0.29, 0.717) is 17.2 Å². The molecule has 6 nitrogen and oxygen atoms in total. The zero-order valence-electron chi connectivity index (χ0n) is 18.6. The molecular weight excluding hydrogens is 466 g/mol. The van der Waals surface area contributed by atoms with E-state index in [1.165, 1.54) is 28.7 Å². The average molecular weight is 490 g/mol. The van der Waals surface area contributed by atoms with Crippen LogP contribution in [-0.2, 0) is 16.0 Å². The molecule has 1 N–H and O–H groups in total. The number of anilines is 2. The van der Waals surface area contributed by atoms with E-state index in [1.807, 2.05) is 71.6 Å². The zero-order valence-corrected chi connectivity index (χ0v) is 20.2. The molecule has 0 spiro atoms. The molecule has 172 valence electrons. The zero-order chi connectivity index (χ0) is 23.5. The Balaban J connectivity index is 1.19. The number of amides is 2. The van der Waals surface area contributed by atoms with Crippen LogP contribution in [0.3, 0.4) is 0 Å². The van der Waals surface area contributed by atoms with Gasteiger partial charge >= 0.3 is 0 Å². The van der Waals surface area contributed by atoms with Crippen LogP contribution in [0.25, 0.3) is 10.2 Å². The van der Waals surface area contributed by atoms with Gasteiger partial charge in [-0.15, -0.1) is 11.3 Å². The molecule has 2 heterocycles. The first-order valence-corrected chi connectivity index (χ1v) is 12.8. The minimum atomic E-state index is -0.229. The fraction of sp³-hybridized carbons (Fsp3) is 0.192. The van der Waals surface area contributed by atoms with Crippen LogP contribution in [-0.4, -0.2) is 35.2 Å². The lowest BCUT2D eigenvalue weighted by Gasteiger charge is -2.22. The SMILES string of the molecule is C[C@H]1Cc2ccccc2N1C(=O)CSc1nc2ccc(NC(=O)COc3ccccc3)cc2s1. The molecule has 0 saturated carbocycles. The summed E-state index contributed by atoms with van der Waals surface area (Å²) in [4.78, 5) is 31.8. The number of carbonyl (C=O) groups excluding carboxylic acids is 2. The number of ether oxygens (including phenoxy) is 1. The van der Waals surface area contributed by atoms with E-state index >= 15 is 0 Å². The second-order valence-corrected chi connectivity index (χ2v) is 10.3. The van der Waals surface area contributed by atoms with Crippen molar-refractivity contribution in [2.45, 2.75) is 23.7 Å². The molecule has 0 aliphatic carbocycles. The van der Waals surface area contributed by atoms with E-state index in [4.69, 9.17) is 4.74 Å². The van der Waals surface area contributed by atoms with Crippen LogP contribution in [0.5, 0.6) is 5.75 Å². The highest BCUT2D eigenvalue weighted by atomic mass is 32.2. The van der Waals surface area contributed by atoms with Crippen LogP contribution in [0.2, 0.25) is 0 Å². The average Bonchev–Trinajstić information content (AvgIpc) is 3.41. The fourth-order valence-corrected chi connectivity index (χ4v) is 6.01. The highest BCUT2D eigenvalue weighted by Crippen LogP contribution is 2.35. The Hall–Kier alpha value is -3.36. The Morgan fingerprint density at radius 2 is 1.91 bits per heavy atom. The number of fused-ring (bicyclic) bond motifs is 2. The van der Waals surface area contributed by atoms with Crippen molar-refractivity contribution >= 4 is 56.5 Å². The van der Waals surface area contributed by atoms with Gasteiger partial charge in [0.25, 0.3) is 5.91 Å². The third kappa shape index (κ3) is 4.93. The topological polar surface area (TPSA) is 71.5 Å². The van der Waals surface area contributed by atoms with Crippen molar-refractivity contribution in [2.75, 3.05) is 22.6 Å². The molecule has 0 unspecified atom stereocenters. The summed E-state index contributed by atoms with van der Waals surface area (Å²) in [5.74, 6) is 0.846. The minimum Gasteiger partial charge on any atom is -0.484 e. The predicted molar refractivity (Wildman–Crippen MR) is 138 cm³/mol. The van der Waals surface area contributed by atoms with Crippen molar-refractivity contribution in [1.82, 2.24) is 4.98 Å². The molecule has 0 fully saturated rings. The maximum absolute atomic E-state index is 13.0. The molecule has 34 heavy (non-hydrogen) atoms. The van der Waals surface area contributed by atoms with Gasteiger partial charge in [-0.05, 0) is 55.3 Å².